The van der Waals surface area contributed by atoms with Crippen molar-refractivity contribution >= 4 is 33.8 Å². The van der Waals surface area contributed by atoms with Gasteiger partial charge in [0.2, 0.25) is 0 Å². The Bertz CT molecular complexity index is 789. The topological polar surface area (TPSA) is 91.7 Å². The second-order valence-corrected chi connectivity index (χ2v) is 5.89. The highest BCUT2D eigenvalue weighted by Gasteiger charge is 2.50. The summed E-state index contributed by atoms with van der Waals surface area (Å²) >= 11 is 3.08. The highest BCUT2D eigenvalue weighted by molar-refractivity contribution is 9.10. The van der Waals surface area contributed by atoms with Crippen LogP contribution in [0.1, 0.15) is 23.0 Å². The quantitative estimate of drug-likeness (QED) is 0.801. The smallest absolute Gasteiger partial charge is 0.344 e. The summed E-state index contributed by atoms with van der Waals surface area (Å²) in [5.74, 6) is -1.30. The first-order chi connectivity index (χ1) is 10.9. The number of nitrogens with zero attached hydrogens (tertiary/aromatic N) is 1. The van der Waals surface area contributed by atoms with Gasteiger partial charge in [-0.1, -0.05) is 30.3 Å². The summed E-state index contributed by atoms with van der Waals surface area (Å²) in [5.41, 5.74) is 1.63. The van der Waals surface area contributed by atoms with Crippen molar-refractivity contribution in [3.8, 4) is 0 Å². The molecule has 118 valence electrons. The molecular formula is C15H12BrN3O4. The summed E-state index contributed by atoms with van der Waals surface area (Å²) in [4.78, 5) is 36.7. The van der Waals surface area contributed by atoms with E-state index in [-0.39, 0.29) is 5.76 Å². The second-order valence-electron chi connectivity index (χ2n) is 5.11. The standard InChI is InChI=1S/C15H12BrN3O4/c1-15(9-5-3-2-4-6-9)13(21)19(14(22)17-15)18-12(20)10-7-8-11(16)23-10/h2-8H,1H3,(H,17,22)(H,18,20). The molecule has 0 spiro atoms. The zero-order valence-electron chi connectivity index (χ0n) is 12.0. The molecule has 0 bridgehead atoms. The Balaban J connectivity index is 1.83. The number of benzene rings is 1. The van der Waals surface area contributed by atoms with Crippen LogP contribution in [0, 0.1) is 0 Å². The molecular weight excluding hydrogens is 366 g/mol. The molecule has 1 aliphatic heterocycles. The van der Waals surface area contributed by atoms with E-state index in [0.717, 1.165) is 0 Å². The van der Waals surface area contributed by atoms with Crippen molar-refractivity contribution in [1.29, 1.82) is 0 Å². The summed E-state index contributed by atoms with van der Waals surface area (Å²) in [7, 11) is 0. The fourth-order valence-corrected chi connectivity index (χ4v) is 2.61. The van der Waals surface area contributed by atoms with Crippen LogP contribution < -0.4 is 10.7 Å². The molecule has 0 saturated carbocycles. The number of imide groups is 1. The van der Waals surface area contributed by atoms with Crippen LogP contribution in [0.3, 0.4) is 0 Å². The maximum Gasteiger partial charge on any atom is 0.344 e. The highest BCUT2D eigenvalue weighted by atomic mass is 79.9. The fourth-order valence-electron chi connectivity index (χ4n) is 2.30. The van der Waals surface area contributed by atoms with Crippen LogP contribution in [0.2, 0.25) is 0 Å². The number of rotatable bonds is 3. The monoisotopic (exact) mass is 377 g/mol. The van der Waals surface area contributed by atoms with Crippen molar-refractivity contribution in [2.24, 2.45) is 0 Å². The molecule has 1 aliphatic rings. The van der Waals surface area contributed by atoms with Crippen molar-refractivity contribution in [3.63, 3.8) is 0 Å². The lowest BCUT2D eigenvalue weighted by atomic mass is 9.92. The molecule has 8 heteroatoms. The Morgan fingerprint density at radius 2 is 1.91 bits per heavy atom. The Morgan fingerprint density at radius 3 is 2.52 bits per heavy atom. The van der Waals surface area contributed by atoms with E-state index in [1.807, 2.05) is 6.07 Å². The molecule has 2 aromatic rings. The minimum absolute atomic E-state index is 0.0224. The number of carbonyl (C=O) groups excluding carboxylic acids is 3. The molecule has 4 amide bonds. The van der Waals surface area contributed by atoms with Crippen LogP contribution in [-0.4, -0.2) is 22.9 Å². The lowest BCUT2D eigenvalue weighted by Crippen LogP contribution is -2.47. The van der Waals surface area contributed by atoms with Crippen LogP contribution in [0.25, 0.3) is 0 Å². The number of halogens is 1. The third kappa shape index (κ3) is 2.61. The van der Waals surface area contributed by atoms with Crippen molar-refractivity contribution in [3.05, 3.63) is 58.5 Å². The van der Waals surface area contributed by atoms with Crippen molar-refractivity contribution in [2.45, 2.75) is 12.5 Å². The number of carbonyl (C=O) groups is 3. The molecule has 0 aliphatic carbocycles. The molecule has 1 aromatic carbocycles. The van der Waals surface area contributed by atoms with E-state index in [0.29, 0.717) is 15.2 Å². The van der Waals surface area contributed by atoms with Crippen LogP contribution in [0.15, 0.2) is 51.6 Å². The zero-order chi connectivity index (χ0) is 16.6. The minimum atomic E-state index is -1.24. The summed E-state index contributed by atoms with van der Waals surface area (Å²) in [6.45, 7) is 1.58. The first-order valence-electron chi connectivity index (χ1n) is 6.70. The van der Waals surface area contributed by atoms with Gasteiger partial charge in [0.25, 0.3) is 5.91 Å². The van der Waals surface area contributed by atoms with Gasteiger partial charge in [0.15, 0.2) is 10.4 Å². The van der Waals surface area contributed by atoms with Crippen molar-refractivity contribution in [1.82, 2.24) is 15.8 Å². The van der Waals surface area contributed by atoms with Gasteiger partial charge in [-0.2, -0.15) is 5.01 Å². The van der Waals surface area contributed by atoms with Gasteiger partial charge in [-0.25, -0.2) is 10.2 Å². The molecule has 1 fully saturated rings. The van der Waals surface area contributed by atoms with E-state index < -0.39 is 23.4 Å². The number of urea groups is 1. The van der Waals surface area contributed by atoms with Gasteiger partial charge in [-0.15, -0.1) is 0 Å². The van der Waals surface area contributed by atoms with Gasteiger partial charge in [-0.05, 0) is 40.5 Å². The Hall–Kier alpha value is -2.61. The molecule has 1 saturated heterocycles. The number of nitrogens with one attached hydrogen (secondary N) is 2. The van der Waals surface area contributed by atoms with E-state index in [1.165, 1.54) is 12.1 Å². The predicted octanol–water partition coefficient (Wildman–Crippen LogP) is 2.15. The van der Waals surface area contributed by atoms with Gasteiger partial charge < -0.3 is 9.73 Å². The first kappa shape index (κ1) is 15.3. The number of hydrogen-bond acceptors (Lipinski definition) is 4. The highest BCUT2D eigenvalue weighted by Crippen LogP contribution is 2.27. The average Bonchev–Trinajstić information content (AvgIpc) is 3.06. The summed E-state index contributed by atoms with van der Waals surface area (Å²) in [6.07, 6.45) is 0. The third-order valence-electron chi connectivity index (χ3n) is 3.55. The Kier molecular flexibility index (Phi) is 3.69. The zero-order valence-corrected chi connectivity index (χ0v) is 13.6. The van der Waals surface area contributed by atoms with Crippen LogP contribution in [0.4, 0.5) is 4.79 Å². The lowest BCUT2D eigenvalue weighted by Gasteiger charge is -2.21. The number of amides is 4. The maximum absolute atomic E-state index is 12.6. The minimum Gasteiger partial charge on any atom is -0.444 e. The van der Waals surface area contributed by atoms with E-state index >= 15 is 0 Å². The van der Waals surface area contributed by atoms with Gasteiger partial charge in [0.05, 0.1) is 0 Å². The predicted molar refractivity (Wildman–Crippen MR) is 83.0 cm³/mol. The molecule has 2 heterocycles. The Morgan fingerprint density at radius 1 is 1.22 bits per heavy atom. The SMILES string of the molecule is CC1(c2ccccc2)NC(=O)N(NC(=O)c2ccc(Br)o2)C1=O. The fraction of sp³-hybridized carbons (Fsp3) is 0.133. The molecule has 2 N–H and O–H groups in total. The normalized spacial score (nSPS) is 20.5. The van der Waals surface area contributed by atoms with Gasteiger partial charge in [-0.3, -0.25) is 9.59 Å². The summed E-state index contributed by atoms with van der Waals surface area (Å²) in [5, 5.41) is 3.25. The molecule has 23 heavy (non-hydrogen) atoms. The number of hydrogen-bond donors (Lipinski definition) is 2. The van der Waals surface area contributed by atoms with Gasteiger partial charge in [0, 0.05) is 0 Å². The van der Waals surface area contributed by atoms with Crippen LogP contribution >= 0.6 is 15.9 Å². The van der Waals surface area contributed by atoms with Gasteiger partial charge >= 0.3 is 11.9 Å². The second kappa shape index (κ2) is 5.54. The Labute approximate surface area is 139 Å². The molecule has 1 aromatic heterocycles. The molecule has 3 rings (SSSR count). The van der Waals surface area contributed by atoms with E-state index in [2.05, 4.69) is 26.7 Å². The molecule has 1 atom stereocenters. The molecule has 0 radical (unpaired) electrons. The van der Waals surface area contributed by atoms with E-state index in [9.17, 15) is 14.4 Å². The van der Waals surface area contributed by atoms with E-state index in [1.54, 1.807) is 31.2 Å². The van der Waals surface area contributed by atoms with Crippen molar-refractivity contribution in [2.75, 3.05) is 0 Å². The largest absolute Gasteiger partial charge is 0.444 e. The lowest BCUT2D eigenvalue weighted by molar-refractivity contribution is -0.132. The average molecular weight is 378 g/mol. The maximum atomic E-state index is 12.6. The number of furan rings is 1. The van der Waals surface area contributed by atoms with E-state index in [4.69, 9.17) is 4.42 Å². The first-order valence-corrected chi connectivity index (χ1v) is 7.49. The molecule has 1 unspecified atom stereocenters. The molecule has 7 nitrogen and oxygen atoms in total. The summed E-state index contributed by atoms with van der Waals surface area (Å²) < 4.78 is 5.47. The third-order valence-corrected chi connectivity index (χ3v) is 3.98. The number of hydrazine groups is 1. The van der Waals surface area contributed by atoms with Crippen LogP contribution in [-0.2, 0) is 10.3 Å². The van der Waals surface area contributed by atoms with Crippen molar-refractivity contribution < 1.29 is 18.8 Å². The summed E-state index contributed by atoms with van der Waals surface area (Å²) in [6, 6.07) is 11.1. The van der Waals surface area contributed by atoms with Crippen LogP contribution in [0.5, 0.6) is 0 Å². The van der Waals surface area contributed by atoms with Gasteiger partial charge in [0.1, 0.15) is 5.54 Å².